The van der Waals surface area contributed by atoms with Gasteiger partial charge in [-0.1, -0.05) is 11.3 Å². The quantitative estimate of drug-likeness (QED) is 0.776. The Bertz CT molecular complexity index is 389. The van der Waals surface area contributed by atoms with E-state index >= 15 is 0 Å². The third-order valence-electron chi connectivity index (χ3n) is 1.78. The molecule has 1 N–H and O–H groups in total. The smallest absolute Gasteiger partial charge is 0.349 e. The lowest BCUT2D eigenvalue weighted by atomic mass is 10.5. The van der Waals surface area contributed by atoms with Gasteiger partial charge in [0.2, 0.25) is 5.91 Å². The number of carbonyl (C=O) groups is 2. The second-order valence-corrected chi connectivity index (χ2v) is 4.19. The molecule has 0 saturated carbocycles. The Labute approximate surface area is 97.2 Å². The van der Waals surface area contributed by atoms with Crippen molar-refractivity contribution in [1.82, 2.24) is 9.88 Å². The molecule has 0 aliphatic heterocycles. The van der Waals surface area contributed by atoms with Gasteiger partial charge < -0.3 is 15.0 Å². The molecule has 1 rings (SSSR count). The number of hydrogen-bond donors (Lipinski definition) is 1. The molecule has 1 amide bonds. The summed E-state index contributed by atoms with van der Waals surface area (Å²) in [5, 5.41) is 3.36. The van der Waals surface area contributed by atoms with Crippen LogP contribution in [0.5, 0.6) is 0 Å². The van der Waals surface area contributed by atoms with E-state index in [1.165, 1.54) is 18.2 Å². The number of rotatable bonds is 4. The summed E-state index contributed by atoms with van der Waals surface area (Å²) < 4.78 is 4.54. The van der Waals surface area contributed by atoms with E-state index in [-0.39, 0.29) is 12.5 Å². The monoisotopic (exact) mass is 243 g/mol. The Morgan fingerprint density at radius 1 is 1.56 bits per heavy atom. The highest BCUT2D eigenvalue weighted by molar-refractivity contribution is 7.17. The fourth-order valence-electron chi connectivity index (χ4n) is 0.860. The fraction of sp³-hybridized carbons (Fsp3) is 0.444. The number of carbonyl (C=O) groups excluding carboxylic acids is 2. The van der Waals surface area contributed by atoms with Crippen molar-refractivity contribution in [2.24, 2.45) is 0 Å². The van der Waals surface area contributed by atoms with E-state index in [0.29, 0.717) is 10.0 Å². The lowest BCUT2D eigenvalue weighted by molar-refractivity contribution is -0.126. The SMILES string of the molecule is COC(=O)c1cnc(NCC(=O)N(C)C)s1. The van der Waals surface area contributed by atoms with Crippen LogP contribution in [0, 0.1) is 0 Å². The average molecular weight is 243 g/mol. The molecule has 7 heteroatoms. The second kappa shape index (κ2) is 5.45. The number of methoxy groups -OCH3 is 1. The molecule has 0 atom stereocenters. The van der Waals surface area contributed by atoms with Crippen molar-refractivity contribution < 1.29 is 14.3 Å². The number of esters is 1. The number of thiazole rings is 1. The van der Waals surface area contributed by atoms with Crippen LogP contribution in [-0.2, 0) is 9.53 Å². The van der Waals surface area contributed by atoms with Crippen LogP contribution in [0.25, 0.3) is 0 Å². The molecule has 0 unspecified atom stereocenters. The van der Waals surface area contributed by atoms with Gasteiger partial charge in [0, 0.05) is 14.1 Å². The van der Waals surface area contributed by atoms with Gasteiger partial charge in [-0.05, 0) is 0 Å². The van der Waals surface area contributed by atoms with Crippen LogP contribution in [0.2, 0.25) is 0 Å². The number of anilines is 1. The largest absolute Gasteiger partial charge is 0.465 e. The molecular formula is C9H13N3O3S. The van der Waals surface area contributed by atoms with E-state index in [1.807, 2.05) is 0 Å². The molecular weight excluding hydrogens is 230 g/mol. The third-order valence-corrected chi connectivity index (χ3v) is 2.72. The summed E-state index contributed by atoms with van der Waals surface area (Å²) in [6.45, 7) is 0.154. The van der Waals surface area contributed by atoms with Crippen molar-refractivity contribution in [3.05, 3.63) is 11.1 Å². The number of amides is 1. The highest BCUT2D eigenvalue weighted by Gasteiger charge is 2.11. The normalized spacial score (nSPS) is 9.69. The fourth-order valence-corrected chi connectivity index (χ4v) is 1.59. The van der Waals surface area contributed by atoms with Gasteiger partial charge in [-0.25, -0.2) is 9.78 Å². The van der Waals surface area contributed by atoms with Crippen molar-refractivity contribution >= 4 is 28.3 Å². The molecule has 0 radical (unpaired) electrons. The lowest BCUT2D eigenvalue weighted by Gasteiger charge is -2.09. The maximum Gasteiger partial charge on any atom is 0.349 e. The van der Waals surface area contributed by atoms with Crippen LogP contribution in [-0.4, -0.2) is 49.5 Å². The first-order chi connectivity index (χ1) is 7.54. The van der Waals surface area contributed by atoms with Crippen molar-refractivity contribution in [3.63, 3.8) is 0 Å². The van der Waals surface area contributed by atoms with Crippen molar-refractivity contribution in [3.8, 4) is 0 Å². The van der Waals surface area contributed by atoms with E-state index in [0.717, 1.165) is 11.3 Å². The first-order valence-corrected chi connectivity index (χ1v) is 5.34. The average Bonchev–Trinajstić information content (AvgIpc) is 2.73. The summed E-state index contributed by atoms with van der Waals surface area (Å²) in [6.07, 6.45) is 1.42. The van der Waals surface area contributed by atoms with Crippen molar-refractivity contribution in [1.29, 1.82) is 0 Å². The van der Waals surface area contributed by atoms with E-state index in [9.17, 15) is 9.59 Å². The molecule has 0 saturated heterocycles. The molecule has 6 nitrogen and oxygen atoms in total. The van der Waals surface area contributed by atoms with Crippen LogP contribution in [0.15, 0.2) is 6.20 Å². The van der Waals surface area contributed by atoms with Gasteiger partial charge >= 0.3 is 5.97 Å². The minimum atomic E-state index is -0.426. The summed E-state index contributed by atoms with van der Waals surface area (Å²) in [5.74, 6) is -0.487. The number of ether oxygens (including phenoxy) is 1. The van der Waals surface area contributed by atoms with Gasteiger partial charge in [-0.15, -0.1) is 0 Å². The Balaban J connectivity index is 2.53. The number of aromatic nitrogens is 1. The third kappa shape index (κ3) is 3.20. The first kappa shape index (κ1) is 12.4. The summed E-state index contributed by atoms with van der Waals surface area (Å²) in [7, 11) is 4.65. The molecule has 0 aromatic carbocycles. The minimum absolute atomic E-state index is 0.0604. The number of hydrogen-bond acceptors (Lipinski definition) is 6. The highest BCUT2D eigenvalue weighted by atomic mass is 32.1. The van der Waals surface area contributed by atoms with E-state index in [4.69, 9.17) is 0 Å². The Kier molecular flexibility index (Phi) is 4.24. The molecule has 0 fully saturated rings. The zero-order chi connectivity index (χ0) is 12.1. The van der Waals surface area contributed by atoms with Crippen molar-refractivity contribution in [2.75, 3.05) is 33.1 Å². The van der Waals surface area contributed by atoms with Crippen LogP contribution in [0.3, 0.4) is 0 Å². The molecule has 0 spiro atoms. The van der Waals surface area contributed by atoms with Gasteiger partial charge in [0.05, 0.1) is 19.9 Å². The molecule has 1 aromatic heterocycles. The Hall–Kier alpha value is -1.63. The second-order valence-electron chi connectivity index (χ2n) is 3.16. The maximum absolute atomic E-state index is 11.3. The Morgan fingerprint density at radius 3 is 2.81 bits per heavy atom. The maximum atomic E-state index is 11.3. The summed E-state index contributed by atoms with van der Waals surface area (Å²) in [4.78, 5) is 28.2. The zero-order valence-corrected chi connectivity index (χ0v) is 10.1. The van der Waals surface area contributed by atoms with E-state index in [2.05, 4.69) is 15.0 Å². The van der Waals surface area contributed by atoms with Gasteiger partial charge in [0.1, 0.15) is 4.88 Å². The topological polar surface area (TPSA) is 71.5 Å². The van der Waals surface area contributed by atoms with Crippen LogP contribution in [0.4, 0.5) is 5.13 Å². The molecule has 16 heavy (non-hydrogen) atoms. The van der Waals surface area contributed by atoms with Gasteiger partial charge in [-0.3, -0.25) is 4.79 Å². The van der Waals surface area contributed by atoms with Gasteiger partial charge in [0.15, 0.2) is 5.13 Å². The first-order valence-electron chi connectivity index (χ1n) is 4.52. The standard InChI is InChI=1S/C9H13N3O3S/c1-12(2)7(13)5-11-9-10-4-6(16-9)8(14)15-3/h4H,5H2,1-3H3,(H,10,11). The van der Waals surface area contributed by atoms with Crippen LogP contribution < -0.4 is 5.32 Å². The Morgan fingerprint density at radius 2 is 2.25 bits per heavy atom. The molecule has 88 valence electrons. The predicted molar refractivity (Wildman–Crippen MR) is 60.6 cm³/mol. The number of likely N-dealkylation sites (N-methyl/N-ethyl adjacent to an activating group) is 1. The molecule has 1 heterocycles. The highest BCUT2D eigenvalue weighted by Crippen LogP contribution is 2.18. The molecule has 0 aliphatic rings. The van der Waals surface area contributed by atoms with Crippen LogP contribution >= 0.6 is 11.3 Å². The summed E-state index contributed by atoms with van der Waals surface area (Å²) in [5.41, 5.74) is 0. The summed E-state index contributed by atoms with van der Waals surface area (Å²) >= 11 is 1.15. The van der Waals surface area contributed by atoms with Crippen molar-refractivity contribution in [2.45, 2.75) is 0 Å². The minimum Gasteiger partial charge on any atom is -0.465 e. The number of nitrogens with zero attached hydrogens (tertiary/aromatic N) is 2. The number of nitrogens with one attached hydrogen (secondary N) is 1. The molecule has 0 aliphatic carbocycles. The van der Waals surface area contributed by atoms with E-state index in [1.54, 1.807) is 14.1 Å². The molecule has 0 bridgehead atoms. The van der Waals surface area contributed by atoms with E-state index < -0.39 is 5.97 Å². The van der Waals surface area contributed by atoms with Gasteiger partial charge in [-0.2, -0.15) is 0 Å². The van der Waals surface area contributed by atoms with Gasteiger partial charge in [0.25, 0.3) is 0 Å². The van der Waals surface area contributed by atoms with Crippen LogP contribution in [0.1, 0.15) is 9.67 Å². The lowest BCUT2D eigenvalue weighted by Crippen LogP contribution is -2.28. The zero-order valence-electron chi connectivity index (χ0n) is 9.31. The summed E-state index contributed by atoms with van der Waals surface area (Å²) in [6, 6.07) is 0. The molecule has 1 aromatic rings. The predicted octanol–water partition coefficient (Wildman–Crippen LogP) is 0.430.